The minimum absolute atomic E-state index is 0.0336. The molecule has 0 radical (unpaired) electrons. The maximum absolute atomic E-state index is 13.2. The Hall–Kier alpha value is -3.93. The first-order valence-corrected chi connectivity index (χ1v) is 17.4. The molecule has 0 aliphatic rings. The molecule has 2 rings (SSSR count). The number of carbonyl (C=O) groups is 5. The molecule has 0 unspecified atom stereocenters. The standard InChI is InChI=1S/C31H46N6O9S2/c1-17(2)13-21(31(43)44)34-30(42)27(18(3)4)36-28(40)22(15-38)35-29(41)23(16-47)33-26(39)14-32-48(45,46)25-12-8-9-19-20(25)10-7-11-24(19)37(5)6/h7-12,17-18,21-23,27,32,38,47H,13-16H2,1-6H3,(H,33,39)(H,34,42)(H,35,41)(H,36,40)(H,43,44)/t21-,22-,23-,27-/m0/s1. The fraction of sp³-hybridized carbons (Fsp3) is 0.516. The molecule has 0 saturated heterocycles. The van der Waals surface area contributed by atoms with E-state index < -0.39 is 82.9 Å². The Morgan fingerprint density at radius 1 is 0.812 bits per heavy atom. The average Bonchev–Trinajstić information content (AvgIpc) is 3.02. The van der Waals surface area contributed by atoms with Gasteiger partial charge in [0.2, 0.25) is 33.7 Å². The number of rotatable bonds is 18. The highest BCUT2D eigenvalue weighted by atomic mass is 32.2. The summed E-state index contributed by atoms with van der Waals surface area (Å²) in [4.78, 5) is 65.0. The number of nitrogens with one attached hydrogen (secondary N) is 5. The van der Waals surface area contributed by atoms with Gasteiger partial charge in [0, 0.05) is 36.3 Å². The Kier molecular flexibility index (Phi) is 15.1. The molecular weight excluding hydrogens is 665 g/mol. The van der Waals surface area contributed by atoms with Crippen LogP contribution >= 0.6 is 12.6 Å². The Morgan fingerprint density at radius 3 is 1.94 bits per heavy atom. The topological polar surface area (TPSA) is 223 Å². The van der Waals surface area contributed by atoms with Crippen LogP contribution in [0.5, 0.6) is 0 Å². The largest absolute Gasteiger partial charge is 0.480 e. The van der Waals surface area contributed by atoms with Crippen LogP contribution in [0.25, 0.3) is 10.8 Å². The molecule has 48 heavy (non-hydrogen) atoms. The van der Waals surface area contributed by atoms with E-state index in [0.717, 1.165) is 5.69 Å². The van der Waals surface area contributed by atoms with Gasteiger partial charge in [0.25, 0.3) is 0 Å². The van der Waals surface area contributed by atoms with Crippen LogP contribution in [0, 0.1) is 11.8 Å². The summed E-state index contributed by atoms with van der Waals surface area (Å²) in [5, 5.41) is 30.0. The predicted molar refractivity (Wildman–Crippen MR) is 184 cm³/mol. The molecule has 2 aromatic rings. The summed E-state index contributed by atoms with van der Waals surface area (Å²) >= 11 is 4.08. The number of aliphatic hydroxyl groups excluding tert-OH is 1. The summed E-state index contributed by atoms with van der Waals surface area (Å²) in [6, 6.07) is 4.76. The zero-order valence-electron chi connectivity index (χ0n) is 27.8. The van der Waals surface area contributed by atoms with Crippen molar-refractivity contribution >= 4 is 68.7 Å². The number of fused-ring (bicyclic) bond motifs is 1. The molecule has 4 atom stereocenters. The van der Waals surface area contributed by atoms with Crippen molar-refractivity contribution in [2.24, 2.45) is 11.8 Å². The van der Waals surface area contributed by atoms with Gasteiger partial charge in [-0.25, -0.2) is 17.9 Å². The van der Waals surface area contributed by atoms with E-state index in [2.05, 4.69) is 38.6 Å². The second kappa shape index (κ2) is 18.0. The van der Waals surface area contributed by atoms with Gasteiger partial charge in [-0.05, 0) is 30.4 Å². The third-order valence-corrected chi connectivity index (χ3v) is 9.10. The van der Waals surface area contributed by atoms with Gasteiger partial charge in [-0.2, -0.15) is 12.6 Å². The van der Waals surface area contributed by atoms with Crippen molar-refractivity contribution in [2.75, 3.05) is 37.9 Å². The molecular formula is C31H46N6O9S2. The molecule has 2 aromatic carbocycles. The summed E-state index contributed by atoms with van der Waals surface area (Å²) in [6.07, 6.45) is 0.161. The Morgan fingerprint density at radius 2 is 1.40 bits per heavy atom. The zero-order valence-corrected chi connectivity index (χ0v) is 29.5. The second-order valence-electron chi connectivity index (χ2n) is 12.2. The average molecular weight is 711 g/mol. The van der Waals surface area contributed by atoms with E-state index in [1.54, 1.807) is 52.0 Å². The van der Waals surface area contributed by atoms with Gasteiger partial charge in [-0.15, -0.1) is 0 Å². The minimum atomic E-state index is -4.17. The fourth-order valence-corrected chi connectivity index (χ4v) is 6.24. The van der Waals surface area contributed by atoms with Gasteiger partial charge in [0.1, 0.15) is 24.2 Å². The summed E-state index contributed by atoms with van der Waals surface area (Å²) in [7, 11) is -0.507. The number of thiol groups is 1. The Bertz CT molecular complexity index is 1580. The highest BCUT2D eigenvalue weighted by molar-refractivity contribution is 7.89. The predicted octanol–water partition coefficient (Wildman–Crippen LogP) is -0.168. The number of carboxylic acid groups (broad SMARTS) is 1. The molecule has 266 valence electrons. The Labute approximate surface area is 286 Å². The lowest BCUT2D eigenvalue weighted by Gasteiger charge is -2.27. The van der Waals surface area contributed by atoms with E-state index in [1.807, 2.05) is 25.1 Å². The maximum atomic E-state index is 13.2. The molecule has 0 saturated carbocycles. The maximum Gasteiger partial charge on any atom is 0.326 e. The molecule has 0 heterocycles. The molecule has 0 bridgehead atoms. The van der Waals surface area contributed by atoms with E-state index in [0.29, 0.717) is 10.8 Å². The molecule has 0 spiro atoms. The molecule has 4 amide bonds. The summed E-state index contributed by atoms with van der Waals surface area (Å²) in [5.74, 6) is -5.45. The van der Waals surface area contributed by atoms with E-state index in [1.165, 1.54) is 6.07 Å². The van der Waals surface area contributed by atoms with Crippen LogP contribution < -0.4 is 30.9 Å². The van der Waals surface area contributed by atoms with E-state index >= 15 is 0 Å². The normalized spacial score (nSPS) is 14.1. The van der Waals surface area contributed by atoms with Crippen LogP contribution in [0.1, 0.15) is 34.1 Å². The van der Waals surface area contributed by atoms with E-state index in [9.17, 15) is 42.6 Å². The molecule has 17 heteroatoms. The van der Waals surface area contributed by atoms with Crippen molar-refractivity contribution in [3.05, 3.63) is 36.4 Å². The number of carboxylic acids is 1. The number of aliphatic hydroxyl groups is 1. The SMILES string of the molecule is CC(C)C[C@H](NC(=O)[C@@H](NC(=O)[C@H](CO)NC(=O)[C@H](CS)NC(=O)CNS(=O)(=O)c1cccc2c(N(C)C)cccc12)C(C)C)C(=O)O. The number of hydrogen-bond acceptors (Lipinski definition) is 10. The van der Waals surface area contributed by atoms with Crippen molar-refractivity contribution in [1.29, 1.82) is 0 Å². The van der Waals surface area contributed by atoms with E-state index in [4.69, 9.17) is 0 Å². The fourth-order valence-electron chi connectivity index (χ4n) is 4.78. The second-order valence-corrected chi connectivity index (χ2v) is 14.3. The molecule has 15 nitrogen and oxygen atoms in total. The smallest absolute Gasteiger partial charge is 0.326 e. The van der Waals surface area contributed by atoms with Crippen molar-refractivity contribution in [1.82, 2.24) is 26.0 Å². The van der Waals surface area contributed by atoms with Gasteiger partial charge in [0.15, 0.2) is 0 Å². The molecule has 0 aliphatic carbocycles. The lowest BCUT2D eigenvalue weighted by atomic mass is 10.00. The number of carbonyl (C=O) groups excluding carboxylic acids is 4. The van der Waals surface area contributed by atoms with Gasteiger partial charge < -0.3 is 36.4 Å². The Balaban J connectivity index is 2.07. The van der Waals surface area contributed by atoms with Crippen molar-refractivity contribution < 1.29 is 42.6 Å². The van der Waals surface area contributed by atoms with Crippen molar-refractivity contribution in [2.45, 2.75) is 63.2 Å². The number of anilines is 1. The number of amides is 4. The third-order valence-electron chi connectivity index (χ3n) is 7.27. The first-order valence-electron chi connectivity index (χ1n) is 15.3. The van der Waals surface area contributed by atoms with E-state index in [-0.39, 0.29) is 23.0 Å². The van der Waals surface area contributed by atoms with Crippen LogP contribution in [0.15, 0.2) is 41.3 Å². The number of benzene rings is 2. The highest BCUT2D eigenvalue weighted by Gasteiger charge is 2.32. The molecule has 0 aromatic heterocycles. The zero-order chi connectivity index (χ0) is 36.3. The van der Waals surface area contributed by atoms with Gasteiger partial charge in [0.05, 0.1) is 18.0 Å². The summed E-state index contributed by atoms with van der Waals surface area (Å²) in [5.41, 5.74) is 0.802. The minimum Gasteiger partial charge on any atom is -0.480 e. The third kappa shape index (κ3) is 11.1. The lowest BCUT2D eigenvalue weighted by Crippen LogP contribution is -2.60. The van der Waals surface area contributed by atoms with Crippen LogP contribution in [-0.4, -0.2) is 105 Å². The molecule has 7 N–H and O–H groups in total. The quantitative estimate of drug-likeness (QED) is 0.0955. The number of hydrogen-bond donors (Lipinski definition) is 8. The summed E-state index contributed by atoms with van der Waals surface area (Å²) in [6.45, 7) is 5.25. The monoisotopic (exact) mass is 710 g/mol. The lowest BCUT2D eigenvalue weighted by molar-refractivity contribution is -0.143. The number of aliphatic carboxylic acids is 1. The van der Waals surface area contributed by atoms with Gasteiger partial charge >= 0.3 is 5.97 Å². The van der Waals surface area contributed by atoms with Crippen LogP contribution in [0.3, 0.4) is 0 Å². The first kappa shape index (κ1) is 40.2. The summed E-state index contributed by atoms with van der Waals surface area (Å²) < 4.78 is 28.6. The molecule has 0 aliphatic heterocycles. The first-order chi connectivity index (χ1) is 22.4. The van der Waals surface area contributed by atoms with Gasteiger partial charge in [-0.3, -0.25) is 19.2 Å². The van der Waals surface area contributed by atoms with Crippen molar-refractivity contribution in [3.63, 3.8) is 0 Å². The van der Waals surface area contributed by atoms with Crippen molar-refractivity contribution in [3.8, 4) is 0 Å². The van der Waals surface area contributed by atoms with Gasteiger partial charge in [-0.1, -0.05) is 52.0 Å². The highest BCUT2D eigenvalue weighted by Crippen LogP contribution is 2.30. The van der Waals surface area contributed by atoms with Crippen LogP contribution in [0.2, 0.25) is 0 Å². The molecule has 0 fully saturated rings. The van der Waals surface area contributed by atoms with Crippen LogP contribution in [0.4, 0.5) is 5.69 Å². The van der Waals surface area contributed by atoms with Crippen LogP contribution in [-0.2, 0) is 34.0 Å². The number of sulfonamides is 1. The number of nitrogens with zero attached hydrogens (tertiary/aromatic N) is 1.